The summed E-state index contributed by atoms with van der Waals surface area (Å²) in [5.41, 5.74) is -0.402. The molecule has 0 radical (unpaired) electrons. The predicted octanol–water partition coefficient (Wildman–Crippen LogP) is 2.38. The number of carbonyl (C=O) groups is 1. The molecule has 0 bridgehead atoms. The van der Waals surface area contributed by atoms with Crippen molar-refractivity contribution in [2.24, 2.45) is 0 Å². The monoisotopic (exact) mass is 316 g/mol. The lowest BCUT2D eigenvalue weighted by atomic mass is 10.1. The van der Waals surface area contributed by atoms with E-state index in [4.69, 9.17) is 21.1 Å². The Morgan fingerprint density at radius 2 is 2.00 bits per heavy atom. The number of carbonyl (C=O) groups excluding carboxylic acids is 1. The summed E-state index contributed by atoms with van der Waals surface area (Å²) in [4.78, 5) is 22.3. The molecule has 0 aliphatic carbocycles. The fourth-order valence-corrected chi connectivity index (χ4v) is 1.83. The molecule has 21 heavy (non-hydrogen) atoms. The van der Waals surface area contributed by atoms with E-state index in [9.17, 15) is 14.9 Å². The van der Waals surface area contributed by atoms with E-state index >= 15 is 0 Å². The zero-order valence-corrected chi connectivity index (χ0v) is 12.6. The Bertz CT molecular complexity index is 503. The number of rotatable bonds is 8. The van der Waals surface area contributed by atoms with Gasteiger partial charge in [0.05, 0.1) is 11.5 Å². The third kappa shape index (κ3) is 5.30. The smallest absolute Gasteiger partial charge is 0.282 e. The maximum Gasteiger partial charge on any atom is 0.282 e. The summed E-state index contributed by atoms with van der Waals surface area (Å²) >= 11 is 5.78. The fraction of sp³-hybridized carbons (Fsp3) is 0.462. The Hall–Kier alpha value is -1.70. The number of amides is 1. The summed E-state index contributed by atoms with van der Waals surface area (Å²) in [6, 6.07) is 3.81. The normalized spacial score (nSPS) is 10.7. The van der Waals surface area contributed by atoms with E-state index in [-0.39, 0.29) is 22.8 Å². The average molecular weight is 317 g/mol. The van der Waals surface area contributed by atoms with Gasteiger partial charge >= 0.3 is 0 Å². The largest absolute Gasteiger partial charge is 0.351 e. The third-order valence-electron chi connectivity index (χ3n) is 2.53. The lowest BCUT2D eigenvalue weighted by Gasteiger charge is -2.17. The number of nitro benzene ring substituents is 1. The van der Waals surface area contributed by atoms with Crippen LogP contribution >= 0.6 is 11.6 Å². The SMILES string of the molecule is CCOC(CNC(=O)c1cc(Cl)ccc1[N+](=O)[O-])OCC. The van der Waals surface area contributed by atoms with Crippen LogP contribution in [-0.2, 0) is 9.47 Å². The molecular formula is C13H17ClN2O5. The van der Waals surface area contributed by atoms with Gasteiger partial charge in [-0.25, -0.2) is 0 Å². The van der Waals surface area contributed by atoms with Crippen molar-refractivity contribution in [1.29, 1.82) is 0 Å². The van der Waals surface area contributed by atoms with Gasteiger partial charge in [-0.3, -0.25) is 14.9 Å². The van der Waals surface area contributed by atoms with Crippen LogP contribution in [0.5, 0.6) is 0 Å². The molecule has 0 aliphatic rings. The molecule has 1 rings (SSSR count). The van der Waals surface area contributed by atoms with Gasteiger partial charge in [0.15, 0.2) is 6.29 Å². The van der Waals surface area contributed by atoms with Gasteiger partial charge in [-0.2, -0.15) is 0 Å². The Balaban J connectivity index is 2.79. The highest BCUT2D eigenvalue weighted by Gasteiger charge is 2.21. The van der Waals surface area contributed by atoms with Gasteiger partial charge in [0.1, 0.15) is 5.56 Å². The molecule has 0 aromatic heterocycles. The average Bonchev–Trinajstić information content (AvgIpc) is 2.44. The van der Waals surface area contributed by atoms with Crippen LogP contribution in [0.1, 0.15) is 24.2 Å². The van der Waals surface area contributed by atoms with Crippen LogP contribution < -0.4 is 5.32 Å². The van der Waals surface area contributed by atoms with Gasteiger partial charge < -0.3 is 14.8 Å². The summed E-state index contributed by atoms with van der Waals surface area (Å²) in [6.07, 6.45) is -0.595. The van der Waals surface area contributed by atoms with Crippen molar-refractivity contribution in [3.05, 3.63) is 38.9 Å². The van der Waals surface area contributed by atoms with E-state index in [1.54, 1.807) is 13.8 Å². The molecule has 0 heterocycles. The summed E-state index contributed by atoms with van der Waals surface area (Å²) in [5.74, 6) is -0.603. The van der Waals surface area contributed by atoms with Crippen molar-refractivity contribution in [3.63, 3.8) is 0 Å². The van der Waals surface area contributed by atoms with Crippen LogP contribution in [0.4, 0.5) is 5.69 Å². The Morgan fingerprint density at radius 3 is 2.52 bits per heavy atom. The van der Waals surface area contributed by atoms with Crippen molar-refractivity contribution < 1.29 is 19.2 Å². The van der Waals surface area contributed by atoms with E-state index in [0.29, 0.717) is 13.2 Å². The highest BCUT2D eigenvalue weighted by atomic mass is 35.5. The molecule has 7 nitrogen and oxygen atoms in total. The second-order valence-electron chi connectivity index (χ2n) is 3.97. The molecule has 1 aromatic carbocycles. The molecule has 1 aromatic rings. The number of nitrogens with one attached hydrogen (secondary N) is 1. The van der Waals surface area contributed by atoms with Crippen LogP contribution in [0.15, 0.2) is 18.2 Å². The molecule has 0 saturated heterocycles. The van der Waals surface area contributed by atoms with Gasteiger partial charge in [-0.05, 0) is 26.0 Å². The predicted molar refractivity (Wildman–Crippen MR) is 77.5 cm³/mol. The molecule has 0 unspecified atom stereocenters. The van der Waals surface area contributed by atoms with E-state index in [0.717, 1.165) is 0 Å². The van der Waals surface area contributed by atoms with Crippen molar-refractivity contribution in [2.45, 2.75) is 20.1 Å². The minimum atomic E-state index is -0.631. The number of hydrogen-bond donors (Lipinski definition) is 1. The number of ether oxygens (including phenoxy) is 2. The standard InChI is InChI=1S/C13H17ClN2O5/c1-3-20-12(21-4-2)8-15-13(17)10-7-9(14)5-6-11(10)16(18)19/h5-7,12H,3-4,8H2,1-2H3,(H,15,17). The number of benzene rings is 1. The number of nitro groups is 1. The second-order valence-corrected chi connectivity index (χ2v) is 4.41. The van der Waals surface area contributed by atoms with Crippen molar-refractivity contribution in [1.82, 2.24) is 5.32 Å². The van der Waals surface area contributed by atoms with E-state index in [1.165, 1.54) is 18.2 Å². The lowest BCUT2D eigenvalue weighted by Crippen LogP contribution is -2.35. The molecule has 8 heteroatoms. The van der Waals surface area contributed by atoms with E-state index < -0.39 is 17.1 Å². The third-order valence-corrected chi connectivity index (χ3v) is 2.77. The highest BCUT2D eigenvalue weighted by molar-refractivity contribution is 6.31. The summed E-state index contributed by atoms with van der Waals surface area (Å²) in [7, 11) is 0. The molecule has 0 spiro atoms. The first-order valence-electron chi connectivity index (χ1n) is 6.44. The summed E-state index contributed by atoms with van der Waals surface area (Å²) in [5, 5.41) is 13.7. The molecule has 0 saturated carbocycles. The fourth-order valence-electron chi connectivity index (χ4n) is 1.66. The maximum atomic E-state index is 12.0. The highest BCUT2D eigenvalue weighted by Crippen LogP contribution is 2.22. The first-order valence-corrected chi connectivity index (χ1v) is 6.82. The van der Waals surface area contributed by atoms with Gasteiger partial charge in [-0.1, -0.05) is 11.6 Å². The zero-order chi connectivity index (χ0) is 15.8. The van der Waals surface area contributed by atoms with Crippen molar-refractivity contribution >= 4 is 23.2 Å². The van der Waals surface area contributed by atoms with Crippen LogP contribution in [0.2, 0.25) is 5.02 Å². The second kappa shape index (κ2) is 8.56. The quantitative estimate of drug-likeness (QED) is 0.451. The van der Waals surface area contributed by atoms with Gasteiger partial charge in [0.2, 0.25) is 0 Å². The molecular weight excluding hydrogens is 300 g/mol. The molecule has 1 amide bonds. The van der Waals surface area contributed by atoms with Crippen LogP contribution in [-0.4, -0.2) is 36.9 Å². The van der Waals surface area contributed by atoms with Gasteiger partial charge in [0.25, 0.3) is 11.6 Å². The summed E-state index contributed by atoms with van der Waals surface area (Å²) in [6.45, 7) is 4.55. The Labute approximate surface area is 127 Å². The van der Waals surface area contributed by atoms with Crippen LogP contribution in [0.3, 0.4) is 0 Å². The zero-order valence-electron chi connectivity index (χ0n) is 11.8. The molecule has 0 atom stereocenters. The van der Waals surface area contributed by atoms with Crippen molar-refractivity contribution in [2.75, 3.05) is 19.8 Å². The minimum absolute atomic E-state index is 0.0875. The number of halogens is 1. The molecule has 0 fully saturated rings. The van der Waals surface area contributed by atoms with Crippen LogP contribution in [0, 0.1) is 10.1 Å². The molecule has 116 valence electrons. The first-order chi connectivity index (χ1) is 9.99. The topological polar surface area (TPSA) is 90.7 Å². The minimum Gasteiger partial charge on any atom is -0.351 e. The molecule has 1 N–H and O–H groups in total. The Morgan fingerprint density at radius 1 is 1.38 bits per heavy atom. The van der Waals surface area contributed by atoms with E-state index in [1.807, 2.05) is 0 Å². The van der Waals surface area contributed by atoms with E-state index in [2.05, 4.69) is 5.32 Å². The molecule has 0 aliphatic heterocycles. The lowest BCUT2D eigenvalue weighted by molar-refractivity contribution is -0.385. The summed E-state index contributed by atoms with van der Waals surface area (Å²) < 4.78 is 10.5. The maximum absolute atomic E-state index is 12.0. The van der Waals surface area contributed by atoms with Gasteiger partial charge in [-0.15, -0.1) is 0 Å². The Kier molecular flexibility index (Phi) is 7.07. The number of hydrogen-bond acceptors (Lipinski definition) is 5. The van der Waals surface area contributed by atoms with Crippen LogP contribution in [0.25, 0.3) is 0 Å². The number of nitrogens with zero attached hydrogens (tertiary/aromatic N) is 1. The van der Waals surface area contributed by atoms with Crippen molar-refractivity contribution in [3.8, 4) is 0 Å². The first kappa shape index (κ1) is 17.4. The van der Waals surface area contributed by atoms with Gasteiger partial charge in [0, 0.05) is 24.3 Å².